The summed E-state index contributed by atoms with van der Waals surface area (Å²) in [5.74, 6) is -1.58. The lowest BCUT2D eigenvalue weighted by atomic mass is 10.2. The smallest absolute Gasteiger partial charge is 0.335 e. The van der Waals surface area contributed by atoms with E-state index >= 15 is 0 Å². The summed E-state index contributed by atoms with van der Waals surface area (Å²) < 4.78 is 18.4. The molecule has 0 aromatic heterocycles. The van der Waals surface area contributed by atoms with Gasteiger partial charge in [-0.3, -0.25) is 10.1 Å². The van der Waals surface area contributed by atoms with Crippen molar-refractivity contribution in [3.05, 3.63) is 63.5 Å². The number of carbonyl (C=O) groups is 1. The van der Waals surface area contributed by atoms with Gasteiger partial charge >= 0.3 is 11.7 Å². The van der Waals surface area contributed by atoms with Gasteiger partial charge in [0, 0.05) is 6.07 Å². The number of benzene rings is 2. The van der Waals surface area contributed by atoms with Crippen LogP contribution in [0.1, 0.15) is 15.9 Å². The van der Waals surface area contributed by atoms with Gasteiger partial charge in [0.1, 0.15) is 11.6 Å². The van der Waals surface area contributed by atoms with Crippen molar-refractivity contribution in [3.63, 3.8) is 0 Å². The van der Waals surface area contributed by atoms with Crippen molar-refractivity contribution >= 4 is 11.7 Å². The highest BCUT2D eigenvalue weighted by Gasteiger charge is 2.19. The maximum Gasteiger partial charge on any atom is 0.335 e. The average Bonchev–Trinajstić information content (AvgIpc) is 2.41. The van der Waals surface area contributed by atoms with Gasteiger partial charge in [-0.25, -0.2) is 9.18 Å². The Bertz CT molecular complexity index is 729. The lowest BCUT2D eigenvalue weighted by molar-refractivity contribution is -0.385. The normalized spacial score (nSPS) is 10.2. The second kappa shape index (κ2) is 5.58. The van der Waals surface area contributed by atoms with Gasteiger partial charge in [0.2, 0.25) is 5.75 Å². The first-order valence-electron chi connectivity index (χ1n) is 5.84. The zero-order valence-corrected chi connectivity index (χ0v) is 10.9. The molecule has 0 spiro atoms. The quantitative estimate of drug-likeness (QED) is 0.687. The highest BCUT2D eigenvalue weighted by atomic mass is 19.1. The first-order valence-corrected chi connectivity index (χ1v) is 5.84. The third-order valence-corrected chi connectivity index (χ3v) is 2.76. The number of aromatic carboxylic acids is 1. The summed E-state index contributed by atoms with van der Waals surface area (Å²) in [5, 5.41) is 19.8. The molecule has 0 aliphatic heterocycles. The maximum absolute atomic E-state index is 13.0. The van der Waals surface area contributed by atoms with E-state index in [1.165, 1.54) is 30.3 Å². The van der Waals surface area contributed by atoms with Crippen LogP contribution in [0.2, 0.25) is 0 Å². The van der Waals surface area contributed by atoms with E-state index < -0.39 is 22.4 Å². The van der Waals surface area contributed by atoms with E-state index in [-0.39, 0.29) is 17.1 Å². The first-order chi connectivity index (χ1) is 9.88. The summed E-state index contributed by atoms with van der Waals surface area (Å²) in [5.41, 5.74) is -0.227. The molecule has 0 saturated carbocycles. The van der Waals surface area contributed by atoms with E-state index in [0.29, 0.717) is 5.56 Å². The van der Waals surface area contributed by atoms with Gasteiger partial charge in [-0.05, 0) is 42.8 Å². The maximum atomic E-state index is 13.0. The van der Waals surface area contributed by atoms with Crippen LogP contribution in [-0.2, 0) is 0 Å². The Morgan fingerprint density at radius 2 is 1.90 bits per heavy atom. The molecule has 0 amide bonds. The summed E-state index contributed by atoms with van der Waals surface area (Å²) >= 11 is 0. The average molecular weight is 291 g/mol. The molecule has 0 fully saturated rings. The molecular weight excluding hydrogens is 281 g/mol. The van der Waals surface area contributed by atoms with Crippen molar-refractivity contribution in [3.8, 4) is 11.5 Å². The van der Waals surface area contributed by atoms with Gasteiger partial charge < -0.3 is 9.84 Å². The second-order valence-corrected chi connectivity index (χ2v) is 4.26. The summed E-state index contributed by atoms with van der Waals surface area (Å²) in [6, 6.07) is 7.05. The molecule has 0 heterocycles. The number of nitrogens with zero attached hydrogens (tertiary/aromatic N) is 1. The predicted octanol–water partition coefficient (Wildman–Crippen LogP) is 3.53. The third kappa shape index (κ3) is 3.14. The van der Waals surface area contributed by atoms with E-state index in [0.717, 1.165) is 6.07 Å². The van der Waals surface area contributed by atoms with E-state index in [1.807, 2.05) is 0 Å². The fourth-order valence-electron chi connectivity index (χ4n) is 1.73. The number of nitro benzene ring substituents is 1. The highest BCUT2D eigenvalue weighted by molar-refractivity contribution is 5.88. The Kier molecular flexibility index (Phi) is 3.84. The van der Waals surface area contributed by atoms with Crippen molar-refractivity contribution in [2.24, 2.45) is 0 Å². The minimum atomic E-state index is -1.28. The zero-order chi connectivity index (χ0) is 15.6. The van der Waals surface area contributed by atoms with Gasteiger partial charge in [-0.15, -0.1) is 0 Å². The number of aryl methyl sites for hydroxylation is 1. The fourth-order valence-corrected chi connectivity index (χ4v) is 1.73. The van der Waals surface area contributed by atoms with Crippen LogP contribution in [0.4, 0.5) is 10.1 Å². The van der Waals surface area contributed by atoms with E-state index in [2.05, 4.69) is 0 Å². The molecule has 2 aromatic rings. The van der Waals surface area contributed by atoms with Crippen LogP contribution in [-0.4, -0.2) is 16.0 Å². The standard InChI is InChI=1S/C14H10FNO5/c1-8-6-10(15)3-5-12(8)21-13-4-2-9(14(17)18)7-11(13)16(19)20/h2-7H,1H3,(H,17,18). The number of hydrogen-bond donors (Lipinski definition) is 1. The van der Waals surface area contributed by atoms with E-state index in [1.54, 1.807) is 6.92 Å². The van der Waals surface area contributed by atoms with Crippen molar-refractivity contribution in [2.45, 2.75) is 6.92 Å². The number of carboxylic acid groups (broad SMARTS) is 1. The molecule has 21 heavy (non-hydrogen) atoms. The molecular formula is C14H10FNO5. The second-order valence-electron chi connectivity index (χ2n) is 4.26. The van der Waals surface area contributed by atoms with E-state index in [4.69, 9.17) is 9.84 Å². The molecule has 0 bridgehead atoms. The van der Waals surface area contributed by atoms with Crippen LogP contribution in [0.3, 0.4) is 0 Å². The molecule has 0 aliphatic carbocycles. The van der Waals surface area contributed by atoms with Gasteiger partial charge in [0.05, 0.1) is 10.5 Å². The predicted molar refractivity (Wildman–Crippen MR) is 71.3 cm³/mol. The molecule has 1 N–H and O–H groups in total. The SMILES string of the molecule is Cc1cc(F)ccc1Oc1ccc(C(=O)O)cc1[N+](=O)[O-]. The van der Waals surface area contributed by atoms with Crippen LogP contribution in [0.5, 0.6) is 11.5 Å². The van der Waals surface area contributed by atoms with Gasteiger partial charge in [-0.1, -0.05) is 0 Å². The third-order valence-electron chi connectivity index (χ3n) is 2.76. The van der Waals surface area contributed by atoms with Crippen molar-refractivity contribution in [2.75, 3.05) is 0 Å². The summed E-state index contributed by atoms with van der Waals surface area (Å²) in [6.07, 6.45) is 0. The van der Waals surface area contributed by atoms with Crippen molar-refractivity contribution in [1.82, 2.24) is 0 Å². The molecule has 6 nitrogen and oxygen atoms in total. The van der Waals surface area contributed by atoms with Crippen molar-refractivity contribution < 1.29 is 24.0 Å². The Balaban J connectivity index is 2.44. The van der Waals surface area contributed by atoms with Gasteiger partial charge in [0.25, 0.3) is 0 Å². The molecule has 108 valence electrons. The molecule has 2 aromatic carbocycles. The monoisotopic (exact) mass is 291 g/mol. The summed E-state index contributed by atoms with van der Waals surface area (Å²) in [6.45, 7) is 1.59. The molecule has 0 aliphatic rings. The molecule has 0 saturated heterocycles. The number of hydrogen-bond acceptors (Lipinski definition) is 4. The first kappa shape index (κ1) is 14.4. The minimum Gasteiger partial charge on any atom is -0.478 e. The van der Waals surface area contributed by atoms with Crippen molar-refractivity contribution in [1.29, 1.82) is 0 Å². The van der Waals surface area contributed by atoms with Crippen LogP contribution in [0.25, 0.3) is 0 Å². The van der Waals surface area contributed by atoms with Gasteiger partial charge in [-0.2, -0.15) is 0 Å². The Morgan fingerprint density at radius 3 is 2.48 bits per heavy atom. The number of ether oxygens (including phenoxy) is 1. The van der Waals surface area contributed by atoms with E-state index in [9.17, 15) is 19.3 Å². The number of carboxylic acids is 1. The lowest BCUT2D eigenvalue weighted by Crippen LogP contribution is -2.00. The van der Waals surface area contributed by atoms with Gasteiger partial charge in [0.15, 0.2) is 0 Å². The number of rotatable bonds is 4. The topological polar surface area (TPSA) is 89.7 Å². The summed E-state index contributed by atoms with van der Waals surface area (Å²) in [4.78, 5) is 21.1. The Labute approximate surface area is 118 Å². The minimum absolute atomic E-state index is 0.111. The summed E-state index contributed by atoms with van der Waals surface area (Å²) in [7, 11) is 0. The Hall–Kier alpha value is -2.96. The van der Waals surface area contributed by atoms with Crippen LogP contribution < -0.4 is 4.74 Å². The fraction of sp³-hybridized carbons (Fsp3) is 0.0714. The largest absolute Gasteiger partial charge is 0.478 e. The van der Waals surface area contributed by atoms with Crippen LogP contribution in [0.15, 0.2) is 36.4 Å². The molecule has 0 atom stereocenters. The number of nitro groups is 1. The van der Waals surface area contributed by atoms with Crippen LogP contribution in [0, 0.1) is 22.9 Å². The zero-order valence-electron chi connectivity index (χ0n) is 10.9. The number of halogens is 1. The van der Waals surface area contributed by atoms with Crippen LogP contribution >= 0.6 is 0 Å². The molecule has 0 unspecified atom stereocenters. The molecule has 7 heteroatoms. The Morgan fingerprint density at radius 1 is 1.24 bits per heavy atom. The lowest BCUT2D eigenvalue weighted by Gasteiger charge is -2.09. The molecule has 0 radical (unpaired) electrons. The highest BCUT2D eigenvalue weighted by Crippen LogP contribution is 2.33. The molecule has 2 rings (SSSR count).